The van der Waals surface area contributed by atoms with Crippen LogP contribution in [0.15, 0.2) is 11.1 Å². The first-order chi connectivity index (χ1) is 6.07. The Labute approximate surface area is 81.2 Å². The van der Waals surface area contributed by atoms with Crippen molar-refractivity contribution in [3.8, 4) is 0 Å². The molecule has 0 atom stereocenters. The Morgan fingerprint density at radius 1 is 1.31 bits per heavy atom. The maximum absolute atomic E-state index is 12.2. The van der Waals surface area contributed by atoms with Gasteiger partial charge in [0.2, 0.25) is 0 Å². The molecule has 1 aliphatic heterocycles. The van der Waals surface area contributed by atoms with Crippen LogP contribution in [0.2, 0.25) is 0 Å². The van der Waals surface area contributed by atoms with E-state index in [4.69, 9.17) is 0 Å². The second kappa shape index (κ2) is 4.43. The fraction of sp³-hybridized carbons (Fsp3) is 0.800. The molecule has 1 rings (SSSR count). The molecule has 0 aromatic rings. The predicted octanol–water partition coefficient (Wildman–Crippen LogP) is 3.00. The molecule has 76 valence electrons. The van der Waals surface area contributed by atoms with E-state index >= 15 is 0 Å². The lowest BCUT2D eigenvalue weighted by Crippen LogP contribution is -2.13. The summed E-state index contributed by atoms with van der Waals surface area (Å²) in [6.07, 6.45) is 3.88. The highest BCUT2D eigenvalue weighted by atomic mass is 31.2. The monoisotopic (exact) mass is 201 g/mol. The van der Waals surface area contributed by atoms with E-state index in [1.54, 1.807) is 0 Å². The Balaban J connectivity index is 2.40. The molecule has 0 aromatic carbocycles. The van der Waals surface area contributed by atoms with Crippen molar-refractivity contribution in [2.75, 3.05) is 18.9 Å². The van der Waals surface area contributed by atoms with Gasteiger partial charge in [0.15, 0.2) is 7.29 Å². The summed E-state index contributed by atoms with van der Waals surface area (Å²) in [4.78, 5) is 0. The van der Waals surface area contributed by atoms with Gasteiger partial charge >= 0.3 is 0 Å². The van der Waals surface area contributed by atoms with Gasteiger partial charge in [0, 0.05) is 18.9 Å². The molecule has 0 amide bonds. The summed E-state index contributed by atoms with van der Waals surface area (Å²) >= 11 is 0. The largest absolute Gasteiger partial charge is 0.306 e. The molecular weight excluding hydrogens is 181 g/mol. The zero-order chi connectivity index (χ0) is 9.90. The highest BCUT2D eigenvalue weighted by Crippen LogP contribution is 2.50. The molecule has 1 aliphatic rings. The molecule has 0 aromatic heterocycles. The third kappa shape index (κ3) is 2.96. The molecule has 0 fully saturated rings. The van der Waals surface area contributed by atoms with E-state index in [1.165, 1.54) is 17.6 Å². The zero-order valence-electron chi connectivity index (χ0n) is 8.89. The van der Waals surface area contributed by atoms with Crippen LogP contribution in [0.1, 0.15) is 33.6 Å². The topological polar surface area (TPSA) is 29.1 Å². The summed E-state index contributed by atoms with van der Waals surface area (Å²) in [6.45, 7) is 7.25. The second-order valence-corrected chi connectivity index (χ2v) is 6.76. The first kappa shape index (κ1) is 11.0. The molecule has 0 unspecified atom stereocenters. The van der Waals surface area contributed by atoms with Gasteiger partial charge in [-0.1, -0.05) is 24.5 Å². The van der Waals surface area contributed by atoms with E-state index in [1.807, 2.05) is 0 Å². The van der Waals surface area contributed by atoms with Crippen LogP contribution in [0.5, 0.6) is 0 Å². The Kier molecular flexibility index (Phi) is 3.75. The van der Waals surface area contributed by atoms with E-state index in [0.29, 0.717) is 0 Å². The average molecular weight is 201 g/mol. The smallest absolute Gasteiger partial charge is 0.155 e. The molecule has 0 bridgehead atoms. The van der Waals surface area contributed by atoms with Crippen LogP contribution in [0.4, 0.5) is 0 Å². The SMILES string of the molecule is CCCCNP1(=O)CC(C)=C(C)C1. The Hall–Kier alpha value is -0.0700. The third-order valence-corrected chi connectivity index (χ3v) is 5.41. The fourth-order valence-electron chi connectivity index (χ4n) is 1.66. The van der Waals surface area contributed by atoms with Crippen LogP contribution in [0.25, 0.3) is 0 Å². The maximum atomic E-state index is 12.2. The van der Waals surface area contributed by atoms with Crippen molar-refractivity contribution in [1.29, 1.82) is 0 Å². The lowest BCUT2D eigenvalue weighted by atomic mass is 10.2. The number of rotatable bonds is 4. The number of allylic oxidation sites excluding steroid dienone is 2. The van der Waals surface area contributed by atoms with Gasteiger partial charge in [-0.25, -0.2) is 0 Å². The average Bonchev–Trinajstić information content (AvgIpc) is 2.27. The minimum absolute atomic E-state index is 0.794. The molecule has 2 nitrogen and oxygen atoms in total. The minimum atomic E-state index is -2.04. The zero-order valence-corrected chi connectivity index (χ0v) is 9.79. The van der Waals surface area contributed by atoms with Crippen molar-refractivity contribution in [2.45, 2.75) is 33.6 Å². The van der Waals surface area contributed by atoms with Crippen molar-refractivity contribution in [3.63, 3.8) is 0 Å². The van der Waals surface area contributed by atoms with E-state index in [-0.39, 0.29) is 0 Å². The maximum Gasteiger partial charge on any atom is 0.155 e. The molecule has 0 saturated heterocycles. The van der Waals surface area contributed by atoms with E-state index < -0.39 is 7.29 Å². The highest BCUT2D eigenvalue weighted by Gasteiger charge is 2.28. The summed E-state index contributed by atoms with van der Waals surface area (Å²) in [5.74, 6) is 0. The molecule has 0 aliphatic carbocycles. The van der Waals surface area contributed by atoms with Crippen LogP contribution in [0, 0.1) is 0 Å². The molecule has 0 saturated carbocycles. The summed E-state index contributed by atoms with van der Waals surface area (Å²) in [5.41, 5.74) is 2.65. The second-order valence-electron chi connectivity index (χ2n) is 4.03. The first-order valence-electron chi connectivity index (χ1n) is 5.06. The van der Waals surface area contributed by atoms with Gasteiger partial charge < -0.3 is 4.57 Å². The summed E-state index contributed by atoms with van der Waals surface area (Å²) in [5, 5.41) is 3.23. The van der Waals surface area contributed by atoms with Gasteiger partial charge in [-0.15, -0.1) is 0 Å². The number of unbranched alkanes of at least 4 members (excludes halogenated alkanes) is 1. The Morgan fingerprint density at radius 2 is 1.85 bits per heavy atom. The van der Waals surface area contributed by atoms with Crippen LogP contribution < -0.4 is 5.09 Å². The van der Waals surface area contributed by atoms with Crippen LogP contribution >= 0.6 is 7.29 Å². The molecule has 1 N–H and O–H groups in total. The van der Waals surface area contributed by atoms with Gasteiger partial charge in [-0.3, -0.25) is 5.09 Å². The van der Waals surface area contributed by atoms with Crippen molar-refractivity contribution < 1.29 is 4.57 Å². The van der Waals surface area contributed by atoms with Crippen molar-refractivity contribution in [3.05, 3.63) is 11.1 Å². The van der Waals surface area contributed by atoms with Crippen LogP contribution in [-0.2, 0) is 4.57 Å². The minimum Gasteiger partial charge on any atom is -0.306 e. The molecule has 0 radical (unpaired) electrons. The van der Waals surface area contributed by atoms with Gasteiger partial charge in [0.25, 0.3) is 0 Å². The normalized spacial score (nSPS) is 21.2. The van der Waals surface area contributed by atoms with Crippen LogP contribution in [0.3, 0.4) is 0 Å². The number of nitrogens with one attached hydrogen (secondary N) is 1. The summed E-state index contributed by atoms with van der Waals surface area (Å²) in [6, 6.07) is 0. The van der Waals surface area contributed by atoms with E-state index in [9.17, 15) is 4.57 Å². The summed E-state index contributed by atoms with van der Waals surface area (Å²) in [7, 11) is -2.04. The van der Waals surface area contributed by atoms with Crippen LogP contribution in [-0.4, -0.2) is 18.9 Å². The molecular formula is C10H20NOP. The standard InChI is InChI=1S/C10H20NOP/c1-4-5-6-11-13(12)7-9(2)10(3)8-13/h4-8H2,1-3H3,(H,11,12). The van der Waals surface area contributed by atoms with Crippen molar-refractivity contribution >= 4 is 7.29 Å². The molecule has 3 heteroatoms. The molecule has 13 heavy (non-hydrogen) atoms. The number of hydrogen-bond acceptors (Lipinski definition) is 1. The molecule has 1 heterocycles. The lowest BCUT2D eigenvalue weighted by molar-refractivity contribution is 0.567. The predicted molar refractivity (Wildman–Crippen MR) is 58.6 cm³/mol. The van der Waals surface area contributed by atoms with Gasteiger partial charge in [0.05, 0.1) is 0 Å². The van der Waals surface area contributed by atoms with E-state index in [0.717, 1.165) is 25.3 Å². The third-order valence-electron chi connectivity index (χ3n) is 2.64. The fourth-order valence-corrected chi connectivity index (χ4v) is 4.64. The van der Waals surface area contributed by atoms with Gasteiger partial charge in [-0.05, 0) is 20.3 Å². The van der Waals surface area contributed by atoms with Gasteiger partial charge in [0.1, 0.15) is 0 Å². The highest BCUT2D eigenvalue weighted by molar-refractivity contribution is 7.62. The van der Waals surface area contributed by atoms with Crippen molar-refractivity contribution in [2.24, 2.45) is 0 Å². The lowest BCUT2D eigenvalue weighted by Gasteiger charge is -2.13. The quantitative estimate of drug-likeness (QED) is 0.430. The van der Waals surface area contributed by atoms with E-state index in [2.05, 4.69) is 25.9 Å². The Morgan fingerprint density at radius 3 is 2.31 bits per heavy atom. The Bertz CT molecular complexity index is 240. The van der Waals surface area contributed by atoms with Crippen molar-refractivity contribution in [1.82, 2.24) is 5.09 Å². The first-order valence-corrected chi connectivity index (χ1v) is 7.13. The summed E-state index contributed by atoms with van der Waals surface area (Å²) < 4.78 is 12.2. The number of hydrogen-bond donors (Lipinski definition) is 1. The molecule has 0 spiro atoms. The van der Waals surface area contributed by atoms with Gasteiger partial charge in [-0.2, -0.15) is 0 Å².